The molecule has 1 N–H and O–H groups in total. The third kappa shape index (κ3) is 5.46. The summed E-state index contributed by atoms with van der Waals surface area (Å²) < 4.78 is 102. The molecule has 46 heavy (non-hydrogen) atoms. The molecular formula is C33H33F5NO5SSi+. The van der Waals surface area contributed by atoms with E-state index in [0.29, 0.717) is 34.5 Å². The number of halogens is 5. The predicted molar refractivity (Wildman–Crippen MR) is 168 cm³/mol. The molecule has 0 unspecified atom stereocenters. The zero-order chi connectivity index (χ0) is 34.1. The minimum absolute atomic E-state index is 0.0469. The Bertz CT molecular complexity index is 2090. The fourth-order valence-corrected chi connectivity index (χ4v) is 10.3. The number of allylic oxidation sites excluding steroid dienone is 1. The first-order valence-electron chi connectivity index (χ1n) is 14.5. The predicted octanol–water partition coefficient (Wildman–Crippen LogP) is 4.44. The van der Waals surface area contributed by atoms with E-state index in [1.807, 2.05) is 45.9 Å². The van der Waals surface area contributed by atoms with Gasteiger partial charge in [-0.05, 0) is 75.5 Å². The minimum Gasteiger partial charge on any atom is -0.481 e. The normalized spacial score (nSPS) is 16.7. The molecular weight excluding hydrogens is 646 g/mol. The van der Waals surface area contributed by atoms with Crippen LogP contribution in [0, 0.1) is 18.6 Å². The van der Waals surface area contributed by atoms with Crippen molar-refractivity contribution in [2.75, 3.05) is 6.54 Å². The number of nitrogens with zero attached hydrogens (tertiary/aromatic N) is 1. The van der Waals surface area contributed by atoms with Gasteiger partial charge >= 0.3 is 21.6 Å². The molecule has 0 aromatic heterocycles. The number of benzene rings is 3. The monoisotopic (exact) mass is 678 g/mol. The molecule has 13 heteroatoms. The largest absolute Gasteiger partial charge is 0.534 e. The Balaban J connectivity index is 1.94. The molecule has 2 aliphatic rings. The van der Waals surface area contributed by atoms with Crippen LogP contribution in [0.25, 0.3) is 11.1 Å². The summed E-state index contributed by atoms with van der Waals surface area (Å²) in [7, 11) is -9.68. The number of carboxylic acids is 1. The molecule has 0 bridgehead atoms. The van der Waals surface area contributed by atoms with Gasteiger partial charge in [0.2, 0.25) is 11.1 Å². The van der Waals surface area contributed by atoms with E-state index in [9.17, 15) is 31.5 Å². The molecule has 0 saturated carbocycles. The Morgan fingerprint density at radius 1 is 1.02 bits per heavy atom. The van der Waals surface area contributed by atoms with Gasteiger partial charge < -0.3 is 9.29 Å². The molecule has 0 spiro atoms. The van der Waals surface area contributed by atoms with Crippen molar-refractivity contribution in [3.8, 4) is 5.75 Å². The summed E-state index contributed by atoms with van der Waals surface area (Å²) in [5, 5.41) is 11.4. The lowest BCUT2D eigenvalue weighted by molar-refractivity contribution is -0.137. The molecule has 0 fully saturated rings. The Hall–Kier alpha value is -3.84. The number of carboxylic acid groups (broad SMARTS) is 1. The van der Waals surface area contributed by atoms with Crippen LogP contribution >= 0.6 is 0 Å². The number of rotatable bonds is 7. The van der Waals surface area contributed by atoms with Gasteiger partial charge in [-0.1, -0.05) is 37.4 Å². The summed E-state index contributed by atoms with van der Waals surface area (Å²) in [6.07, 6.45) is 2.39. The fourth-order valence-electron chi connectivity index (χ4n) is 6.71. The van der Waals surface area contributed by atoms with Crippen molar-refractivity contribution < 1.29 is 44.5 Å². The average molecular weight is 679 g/mol. The highest BCUT2D eigenvalue weighted by molar-refractivity contribution is 7.88. The summed E-state index contributed by atoms with van der Waals surface area (Å²) in [4.78, 5) is 11.3. The maximum atomic E-state index is 16.5. The first-order chi connectivity index (χ1) is 21.2. The van der Waals surface area contributed by atoms with Crippen LogP contribution in [0.1, 0.15) is 55.9 Å². The van der Waals surface area contributed by atoms with Gasteiger partial charge in [0, 0.05) is 31.9 Å². The lowest BCUT2D eigenvalue weighted by Crippen LogP contribution is -2.65. The van der Waals surface area contributed by atoms with Crippen LogP contribution in [-0.2, 0) is 14.9 Å². The second-order valence-electron chi connectivity index (χ2n) is 12.8. The third-order valence-electron chi connectivity index (χ3n) is 8.79. The summed E-state index contributed by atoms with van der Waals surface area (Å²) in [5.41, 5.74) is -2.64. The number of aliphatic carboxylic acids is 1. The number of fused-ring (bicyclic) bond motifs is 3. The maximum absolute atomic E-state index is 16.5. The summed E-state index contributed by atoms with van der Waals surface area (Å²) in [5.74, 6) is -5.63. The number of aryl methyl sites for hydroxylation is 1. The topological polar surface area (TPSA) is 83.7 Å². The molecule has 0 aliphatic carbocycles. The summed E-state index contributed by atoms with van der Waals surface area (Å²) >= 11 is 0. The minimum atomic E-state index is -6.37. The highest BCUT2D eigenvalue weighted by atomic mass is 32.2. The van der Waals surface area contributed by atoms with Crippen LogP contribution in [0.2, 0.25) is 13.1 Å². The van der Waals surface area contributed by atoms with Gasteiger partial charge in [0.1, 0.15) is 14.6 Å². The lowest BCUT2D eigenvalue weighted by atomic mass is 9.88. The molecule has 3 aromatic rings. The smallest absolute Gasteiger partial charge is 0.481 e. The van der Waals surface area contributed by atoms with Crippen molar-refractivity contribution in [2.24, 2.45) is 0 Å². The summed E-state index contributed by atoms with van der Waals surface area (Å²) in [6.45, 7) is 11.7. The third-order valence-corrected chi connectivity index (χ3v) is 13.2. The lowest BCUT2D eigenvalue weighted by Gasteiger charge is -2.35. The molecule has 3 aromatic carbocycles. The zero-order valence-corrected chi connectivity index (χ0v) is 27.9. The molecule has 0 radical (unpaired) electrons. The summed E-state index contributed by atoms with van der Waals surface area (Å²) in [6, 6.07) is 11.9. The number of alkyl halides is 3. The number of hydrogen-bond donors (Lipinski definition) is 1. The van der Waals surface area contributed by atoms with E-state index < -0.39 is 52.6 Å². The van der Waals surface area contributed by atoms with Crippen molar-refractivity contribution in [3.63, 3.8) is 0 Å². The van der Waals surface area contributed by atoms with E-state index in [1.165, 1.54) is 0 Å². The SMILES string of the molecule is CC1=CC(C)(C)[N+](CCCC(=O)O)=c2cc3c(cc21)=C(c1ccccc1C)c1cc(F)c(OS(=O)(=O)C(F)(F)F)c(F)c1[Si]3(C)C. The van der Waals surface area contributed by atoms with E-state index in [4.69, 9.17) is 0 Å². The van der Waals surface area contributed by atoms with Crippen molar-refractivity contribution in [1.82, 2.24) is 4.58 Å². The molecule has 2 heterocycles. The van der Waals surface area contributed by atoms with E-state index in [-0.39, 0.29) is 17.2 Å². The molecule has 0 amide bonds. The van der Waals surface area contributed by atoms with Crippen LogP contribution in [-0.4, -0.2) is 45.2 Å². The molecule has 6 nitrogen and oxygen atoms in total. The molecule has 2 aliphatic heterocycles. The first-order valence-corrected chi connectivity index (χ1v) is 18.9. The van der Waals surface area contributed by atoms with Crippen LogP contribution in [0.5, 0.6) is 5.75 Å². The van der Waals surface area contributed by atoms with Gasteiger partial charge in [-0.3, -0.25) is 4.79 Å². The van der Waals surface area contributed by atoms with E-state index >= 15 is 8.78 Å². The fraction of sp³-hybridized carbons (Fsp3) is 0.333. The molecule has 0 saturated heterocycles. The van der Waals surface area contributed by atoms with E-state index in [2.05, 4.69) is 14.8 Å². The van der Waals surface area contributed by atoms with Gasteiger partial charge in [-0.15, -0.1) is 0 Å². The van der Waals surface area contributed by atoms with Crippen molar-refractivity contribution in [3.05, 3.63) is 93.0 Å². The van der Waals surface area contributed by atoms with E-state index in [1.54, 1.807) is 31.3 Å². The second-order valence-corrected chi connectivity index (χ2v) is 18.6. The van der Waals surface area contributed by atoms with Gasteiger partial charge in [0.25, 0.3) is 0 Å². The maximum Gasteiger partial charge on any atom is 0.534 e. The van der Waals surface area contributed by atoms with Crippen molar-refractivity contribution in [2.45, 2.75) is 64.7 Å². The first kappa shape index (κ1) is 33.5. The second kappa shape index (κ2) is 11.1. The Kier molecular flexibility index (Phi) is 8.12. The van der Waals surface area contributed by atoms with Crippen molar-refractivity contribution in [1.29, 1.82) is 0 Å². The quantitative estimate of drug-likeness (QED) is 0.132. The molecule has 244 valence electrons. The standard InChI is InChI=1S/C33H32F5NO5SSi/c1-18-10-7-8-11-20(18)28-22-14-21-19(2)17-32(3,4)39(13-9-12-27(40)41)25(21)16-26(22)46(5,6)31-23(28)15-24(34)30(29(31)35)44-45(42,43)33(36,37)38/h7-8,10-11,14-17H,9,12-13H2,1-6H3/p+1. The Labute approximate surface area is 264 Å². The van der Waals surface area contributed by atoms with Crippen molar-refractivity contribution >= 4 is 45.7 Å². The van der Waals surface area contributed by atoms with Crippen LogP contribution < -0.4 is 29.7 Å². The van der Waals surface area contributed by atoms with Gasteiger partial charge in [0.15, 0.2) is 17.2 Å². The van der Waals surface area contributed by atoms with E-state index in [0.717, 1.165) is 28.1 Å². The van der Waals surface area contributed by atoms with Gasteiger partial charge in [-0.2, -0.15) is 21.6 Å². The van der Waals surface area contributed by atoms with Gasteiger partial charge in [0.05, 0.1) is 6.42 Å². The van der Waals surface area contributed by atoms with Crippen LogP contribution in [0.4, 0.5) is 22.0 Å². The Morgan fingerprint density at radius 2 is 1.67 bits per heavy atom. The Morgan fingerprint density at radius 3 is 2.28 bits per heavy atom. The van der Waals surface area contributed by atoms with Gasteiger partial charge in [-0.25, -0.2) is 13.4 Å². The molecule has 5 rings (SSSR count). The zero-order valence-electron chi connectivity index (χ0n) is 26.1. The number of carbonyl (C=O) groups is 1. The molecule has 0 atom stereocenters. The highest BCUT2D eigenvalue weighted by Gasteiger charge is 2.50. The van der Waals surface area contributed by atoms with Crippen LogP contribution in [0.3, 0.4) is 0 Å². The average Bonchev–Trinajstić information content (AvgIpc) is 2.92. The van der Waals surface area contributed by atoms with Crippen LogP contribution in [0.15, 0.2) is 48.5 Å². The highest BCUT2D eigenvalue weighted by Crippen LogP contribution is 2.35. The number of hydrogen-bond acceptors (Lipinski definition) is 4.